The number of carbonyl (C=O) groups is 3. The number of Topliss-reactive ketones (excluding diaryl/α,β-unsaturated/α-hetero) is 3. The van der Waals surface area contributed by atoms with Crippen LogP contribution in [0.15, 0.2) is 72.8 Å². The van der Waals surface area contributed by atoms with Gasteiger partial charge in [0.1, 0.15) is 5.41 Å². The zero-order chi connectivity index (χ0) is 26.3. The number of hydrogen-bond donors (Lipinski definition) is 0. The Hall–Kier alpha value is -3.21. The second-order valence-electron chi connectivity index (χ2n) is 11.1. The second kappa shape index (κ2) is 8.14. The average Bonchev–Trinajstić information content (AvgIpc) is 3.29. The van der Waals surface area contributed by atoms with Crippen molar-refractivity contribution in [2.45, 2.75) is 38.8 Å². The van der Waals surface area contributed by atoms with Crippen LogP contribution < -0.4 is 4.90 Å². The minimum atomic E-state index is -1.52. The molecule has 0 aromatic heterocycles. The van der Waals surface area contributed by atoms with Crippen molar-refractivity contribution in [2.24, 2.45) is 10.8 Å². The van der Waals surface area contributed by atoms with Gasteiger partial charge in [-0.2, -0.15) is 0 Å². The fourth-order valence-corrected chi connectivity index (χ4v) is 6.84. The minimum Gasteiger partial charge on any atom is -0.352 e. The number of hydrogen-bond acceptors (Lipinski definition) is 4. The molecule has 3 aromatic rings. The first-order chi connectivity index (χ1) is 17.6. The Bertz CT molecular complexity index is 1500. The standard InChI is InChI=1S/C31H25Cl2NO3/c1-30(2,3)29(37)26-25(18-7-6-8-19(32)16-18)31(27(35)21-9-4-5-10-22(21)28(31)36)24-14-11-17-15-20(33)12-13-23(17)34(24)26/h4-16,24-26H,1-3H3/t24-,25-,26+/m0/s1. The Labute approximate surface area is 225 Å². The summed E-state index contributed by atoms with van der Waals surface area (Å²) in [6.45, 7) is 5.62. The molecule has 2 heterocycles. The Balaban J connectivity index is 1.71. The van der Waals surface area contributed by atoms with E-state index in [0.29, 0.717) is 26.7 Å². The normalized spacial score (nSPS) is 23.3. The first-order valence-corrected chi connectivity index (χ1v) is 13.1. The van der Waals surface area contributed by atoms with E-state index in [9.17, 15) is 14.4 Å². The van der Waals surface area contributed by atoms with Crippen LogP contribution in [0.2, 0.25) is 10.0 Å². The molecule has 1 fully saturated rings. The van der Waals surface area contributed by atoms with Crippen LogP contribution in [-0.4, -0.2) is 29.4 Å². The maximum atomic E-state index is 14.5. The average molecular weight is 530 g/mol. The van der Waals surface area contributed by atoms with Gasteiger partial charge in [-0.25, -0.2) is 0 Å². The number of rotatable bonds is 2. The van der Waals surface area contributed by atoms with E-state index in [2.05, 4.69) is 0 Å². The monoisotopic (exact) mass is 529 g/mol. The lowest BCUT2D eigenvalue weighted by molar-refractivity contribution is -0.127. The van der Waals surface area contributed by atoms with Gasteiger partial charge in [0.2, 0.25) is 0 Å². The number of nitrogens with zero attached hydrogens (tertiary/aromatic N) is 1. The molecule has 2 aliphatic heterocycles. The molecule has 0 unspecified atom stereocenters. The van der Waals surface area contributed by atoms with Gasteiger partial charge in [0, 0.05) is 38.2 Å². The molecule has 3 aliphatic rings. The maximum Gasteiger partial charge on any atom is 0.180 e. The molecule has 0 amide bonds. The van der Waals surface area contributed by atoms with Gasteiger partial charge < -0.3 is 4.90 Å². The van der Waals surface area contributed by atoms with E-state index in [0.717, 1.165) is 11.3 Å². The molecular weight excluding hydrogens is 505 g/mol. The number of ketones is 3. The van der Waals surface area contributed by atoms with Crippen molar-refractivity contribution in [3.05, 3.63) is 105 Å². The maximum absolute atomic E-state index is 14.5. The molecule has 0 N–H and O–H groups in total. The second-order valence-corrected chi connectivity index (χ2v) is 12.0. The topological polar surface area (TPSA) is 54.5 Å². The fourth-order valence-electron chi connectivity index (χ4n) is 6.46. The van der Waals surface area contributed by atoms with Crippen molar-refractivity contribution in [3.63, 3.8) is 0 Å². The van der Waals surface area contributed by atoms with Gasteiger partial charge in [0.05, 0.1) is 12.1 Å². The molecule has 1 spiro atoms. The summed E-state index contributed by atoms with van der Waals surface area (Å²) in [7, 11) is 0. The number of anilines is 1. The van der Waals surface area contributed by atoms with E-state index < -0.39 is 28.8 Å². The lowest BCUT2D eigenvalue weighted by atomic mass is 9.63. The van der Waals surface area contributed by atoms with Gasteiger partial charge in [0.25, 0.3) is 0 Å². The third-order valence-corrected chi connectivity index (χ3v) is 8.45. The van der Waals surface area contributed by atoms with Crippen LogP contribution in [0, 0.1) is 10.8 Å². The largest absolute Gasteiger partial charge is 0.352 e. The molecule has 4 nitrogen and oxygen atoms in total. The molecule has 0 radical (unpaired) electrons. The molecule has 37 heavy (non-hydrogen) atoms. The number of halogens is 2. The molecule has 3 atom stereocenters. The molecule has 0 bridgehead atoms. The van der Waals surface area contributed by atoms with Gasteiger partial charge in [-0.05, 0) is 41.5 Å². The molecule has 6 heteroatoms. The van der Waals surface area contributed by atoms with Gasteiger partial charge in [-0.15, -0.1) is 0 Å². The van der Waals surface area contributed by atoms with Crippen molar-refractivity contribution in [2.75, 3.05) is 4.90 Å². The summed E-state index contributed by atoms with van der Waals surface area (Å²) in [5, 5.41) is 1.05. The van der Waals surface area contributed by atoms with E-state index in [-0.39, 0.29) is 17.3 Å². The third-order valence-electron chi connectivity index (χ3n) is 7.98. The van der Waals surface area contributed by atoms with Gasteiger partial charge >= 0.3 is 0 Å². The van der Waals surface area contributed by atoms with Crippen LogP contribution in [0.5, 0.6) is 0 Å². The van der Waals surface area contributed by atoms with Crippen LogP contribution in [-0.2, 0) is 4.79 Å². The van der Waals surface area contributed by atoms with Crippen LogP contribution in [0.25, 0.3) is 6.08 Å². The summed E-state index contributed by atoms with van der Waals surface area (Å²) in [6.07, 6.45) is 3.81. The van der Waals surface area contributed by atoms with E-state index in [1.54, 1.807) is 42.5 Å². The summed E-state index contributed by atoms with van der Waals surface area (Å²) >= 11 is 12.8. The lowest BCUT2D eigenvalue weighted by Gasteiger charge is -2.38. The van der Waals surface area contributed by atoms with Crippen LogP contribution >= 0.6 is 23.2 Å². The van der Waals surface area contributed by atoms with Crippen LogP contribution in [0.3, 0.4) is 0 Å². The Kier molecular flexibility index (Phi) is 5.31. The van der Waals surface area contributed by atoms with Crippen LogP contribution in [0.1, 0.15) is 58.5 Å². The molecule has 1 aliphatic carbocycles. The van der Waals surface area contributed by atoms with Crippen molar-refractivity contribution < 1.29 is 14.4 Å². The minimum absolute atomic E-state index is 0.0490. The zero-order valence-corrected chi connectivity index (χ0v) is 22.2. The summed E-state index contributed by atoms with van der Waals surface area (Å²) in [4.78, 5) is 45.3. The smallest absolute Gasteiger partial charge is 0.180 e. The first kappa shape index (κ1) is 24.1. The Morgan fingerprint density at radius 3 is 2.14 bits per heavy atom. The quantitative estimate of drug-likeness (QED) is 0.334. The van der Waals surface area contributed by atoms with Gasteiger partial charge in [0.15, 0.2) is 17.3 Å². The van der Waals surface area contributed by atoms with E-state index in [1.165, 1.54) is 0 Å². The molecule has 186 valence electrons. The predicted octanol–water partition coefficient (Wildman–Crippen LogP) is 7.04. The molecule has 6 rings (SSSR count). The summed E-state index contributed by atoms with van der Waals surface area (Å²) < 4.78 is 0. The van der Waals surface area contributed by atoms with E-state index in [4.69, 9.17) is 23.2 Å². The highest BCUT2D eigenvalue weighted by molar-refractivity contribution is 6.33. The summed E-state index contributed by atoms with van der Waals surface area (Å²) in [5.41, 5.74) is 0.865. The highest BCUT2D eigenvalue weighted by Gasteiger charge is 2.71. The van der Waals surface area contributed by atoms with Gasteiger partial charge in [-0.1, -0.05) is 92.5 Å². The van der Waals surface area contributed by atoms with E-state index >= 15 is 0 Å². The van der Waals surface area contributed by atoms with Gasteiger partial charge in [-0.3, -0.25) is 14.4 Å². The number of carbonyl (C=O) groups excluding carboxylic acids is 3. The van der Waals surface area contributed by atoms with Crippen molar-refractivity contribution in [1.29, 1.82) is 0 Å². The van der Waals surface area contributed by atoms with Crippen molar-refractivity contribution >= 4 is 52.3 Å². The van der Waals surface area contributed by atoms with E-state index in [1.807, 2.05) is 62.1 Å². The SMILES string of the molecule is CC(C)(C)C(=O)[C@H]1[C@H](c2cccc(Cl)c2)C2(C(=O)c3ccccc3C2=O)[C@@H]2C=Cc3cc(Cl)ccc3N21. The molecule has 3 aromatic carbocycles. The number of fused-ring (bicyclic) bond motifs is 5. The highest BCUT2D eigenvalue weighted by Crippen LogP contribution is 2.61. The molecule has 0 saturated carbocycles. The highest BCUT2D eigenvalue weighted by atomic mass is 35.5. The zero-order valence-electron chi connectivity index (χ0n) is 20.7. The van der Waals surface area contributed by atoms with Crippen LogP contribution in [0.4, 0.5) is 5.69 Å². The van der Waals surface area contributed by atoms with Crippen molar-refractivity contribution in [1.82, 2.24) is 0 Å². The third kappa shape index (κ3) is 3.25. The fraction of sp³-hybridized carbons (Fsp3) is 0.258. The summed E-state index contributed by atoms with van der Waals surface area (Å²) in [5.74, 6) is -1.30. The molecule has 1 saturated heterocycles. The van der Waals surface area contributed by atoms with Crippen molar-refractivity contribution in [3.8, 4) is 0 Å². The lowest BCUT2D eigenvalue weighted by Crippen LogP contribution is -2.49. The Morgan fingerprint density at radius 1 is 0.865 bits per heavy atom. The molecular formula is C31H25Cl2NO3. The predicted molar refractivity (Wildman–Crippen MR) is 147 cm³/mol. The summed E-state index contributed by atoms with van der Waals surface area (Å²) in [6, 6.07) is 18.2. The Morgan fingerprint density at radius 2 is 1.51 bits per heavy atom. The first-order valence-electron chi connectivity index (χ1n) is 12.3. The number of benzene rings is 3.